The van der Waals surface area contributed by atoms with Crippen molar-refractivity contribution in [3.63, 3.8) is 0 Å². The number of fused-ring (bicyclic) bond motifs is 2. The van der Waals surface area contributed by atoms with Crippen LogP contribution in [0, 0.1) is 11.3 Å². The molecular weight excluding hydrogens is 228 g/mol. The minimum Gasteiger partial charge on any atom is -0.375 e. The first-order valence-corrected chi connectivity index (χ1v) is 6.44. The number of alkyl halides is 1. The van der Waals surface area contributed by atoms with Crippen molar-refractivity contribution < 1.29 is 4.74 Å². The smallest absolute Gasteiger partial charge is 0.0609 e. The van der Waals surface area contributed by atoms with Gasteiger partial charge in [0.05, 0.1) is 12.2 Å². The molecule has 2 heterocycles. The van der Waals surface area contributed by atoms with Crippen LogP contribution in [0.15, 0.2) is 0 Å². The van der Waals surface area contributed by atoms with E-state index in [-0.39, 0.29) is 0 Å². The second kappa shape index (κ2) is 3.54. The highest BCUT2D eigenvalue weighted by atomic mass is 79.9. The minimum absolute atomic E-state index is 0.443. The Kier molecular flexibility index (Phi) is 2.72. The zero-order valence-electron chi connectivity index (χ0n) is 8.55. The fraction of sp³-hybridized carbons (Fsp3) is 1.00. The monoisotopic (exact) mass is 246 g/mol. The lowest BCUT2D eigenvalue weighted by molar-refractivity contribution is 0.0853. The highest BCUT2D eigenvalue weighted by molar-refractivity contribution is 9.09. The molecule has 0 aromatic carbocycles. The molecule has 0 spiro atoms. The molecule has 0 N–H and O–H groups in total. The Morgan fingerprint density at radius 1 is 1.38 bits per heavy atom. The molecule has 2 heteroatoms. The normalized spacial score (nSPS) is 38.5. The average molecular weight is 247 g/mol. The van der Waals surface area contributed by atoms with Crippen LogP contribution in [-0.2, 0) is 4.74 Å². The average Bonchev–Trinajstić information content (AvgIpc) is 2.64. The zero-order chi connectivity index (χ0) is 9.47. The van der Waals surface area contributed by atoms with Crippen LogP contribution in [0.3, 0.4) is 0 Å². The molecule has 13 heavy (non-hydrogen) atoms. The molecular formula is C11H19BrO. The molecule has 3 atom stereocenters. The molecule has 76 valence electrons. The van der Waals surface area contributed by atoms with Crippen LogP contribution >= 0.6 is 15.9 Å². The van der Waals surface area contributed by atoms with Gasteiger partial charge in [-0.15, -0.1) is 0 Å². The summed E-state index contributed by atoms with van der Waals surface area (Å²) >= 11 is 3.59. The molecule has 0 saturated carbocycles. The summed E-state index contributed by atoms with van der Waals surface area (Å²) in [7, 11) is 0. The van der Waals surface area contributed by atoms with Crippen molar-refractivity contribution in [2.24, 2.45) is 11.3 Å². The second-order valence-electron chi connectivity index (χ2n) is 5.37. The van der Waals surface area contributed by atoms with E-state index in [0.717, 1.165) is 11.2 Å². The number of ether oxygens (including phenoxy) is 1. The maximum absolute atomic E-state index is 5.86. The number of hydrogen-bond donors (Lipinski definition) is 0. The highest BCUT2D eigenvalue weighted by Crippen LogP contribution is 2.44. The fourth-order valence-electron chi connectivity index (χ4n) is 2.72. The maximum Gasteiger partial charge on any atom is 0.0609 e. The molecule has 3 unspecified atom stereocenters. The Morgan fingerprint density at radius 2 is 2.15 bits per heavy atom. The van der Waals surface area contributed by atoms with Crippen LogP contribution < -0.4 is 0 Å². The number of hydrogen-bond acceptors (Lipinski definition) is 1. The highest BCUT2D eigenvalue weighted by Gasteiger charge is 2.42. The molecule has 2 fully saturated rings. The van der Waals surface area contributed by atoms with E-state index in [4.69, 9.17) is 4.74 Å². The summed E-state index contributed by atoms with van der Waals surface area (Å²) in [6.07, 6.45) is 6.48. The fourth-order valence-corrected chi connectivity index (χ4v) is 2.95. The summed E-state index contributed by atoms with van der Waals surface area (Å²) in [5.74, 6) is 0.839. The summed E-state index contributed by atoms with van der Waals surface area (Å²) in [6.45, 7) is 4.68. The van der Waals surface area contributed by atoms with E-state index >= 15 is 0 Å². The van der Waals surface area contributed by atoms with Gasteiger partial charge in [0.1, 0.15) is 0 Å². The predicted octanol–water partition coefficient (Wildman–Crippen LogP) is 3.37. The van der Waals surface area contributed by atoms with E-state index in [2.05, 4.69) is 29.8 Å². The second-order valence-corrected chi connectivity index (χ2v) is 5.93. The van der Waals surface area contributed by atoms with Crippen molar-refractivity contribution in [2.75, 3.05) is 5.33 Å². The van der Waals surface area contributed by atoms with Gasteiger partial charge in [0.25, 0.3) is 0 Å². The Hall–Kier alpha value is 0.440. The molecule has 0 amide bonds. The molecule has 2 rings (SSSR count). The van der Waals surface area contributed by atoms with E-state index in [0.29, 0.717) is 17.6 Å². The van der Waals surface area contributed by atoms with Gasteiger partial charge in [-0.1, -0.05) is 29.8 Å². The summed E-state index contributed by atoms with van der Waals surface area (Å²) in [5, 5.41) is 1.11. The third-order valence-corrected chi connectivity index (χ3v) is 4.93. The van der Waals surface area contributed by atoms with Gasteiger partial charge in [-0.3, -0.25) is 0 Å². The lowest BCUT2D eigenvalue weighted by Gasteiger charge is -2.28. The summed E-state index contributed by atoms with van der Waals surface area (Å²) in [6, 6.07) is 0. The Morgan fingerprint density at radius 3 is 2.62 bits per heavy atom. The van der Waals surface area contributed by atoms with Gasteiger partial charge in [0.2, 0.25) is 0 Å². The standard InChI is InChI=1S/C11H19BrO/c1-11(2,7-12)6-8-5-9-3-4-10(8)13-9/h8-10H,3-7H2,1-2H3. The van der Waals surface area contributed by atoms with Crippen molar-refractivity contribution in [3.8, 4) is 0 Å². The zero-order valence-corrected chi connectivity index (χ0v) is 10.1. The van der Waals surface area contributed by atoms with Crippen LogP contribution in [0.25, 0.3) is 0 Å². The number of halogens is 1. The van der Waals surface area contributed by atoms with Gasteiger partial charge < -0.3 is 4.74 Å². The molecule has 2 bridgehead atoms. The van der Waals surface area contributed by atoms with E-state index in [9.17, 15) is 0 Å². The van der Waals surface area contributed by atoms with Crippen LogP contribution in [0.2, 0.25) is 0 Å². The van der Waals surface area contributed by atoms with Crippen LogP contribution in [0.5, 0.6) is 0 Å². The third kappa shape index (κ3) is 2.10. The first-order valence-electron chi connectivity index (χ1n) is 5.32. The quantitative estimate of drug-likeness (QED) is 0.695. The molecule has 2 aliphatic rings. The maximum atomic E-state index is 5.86. The van der Waals surface area contributed by atoms with Gasteiger partial charge in [0, 0.05) is 5.33 Å². The third-order valence-electron chi connectivity index (χ3n) is 3.41. The summed E-state index contributed by atoms with van der Waals surface area (Å²) in [5.41, 5.74) is 0.443. The molecule has 0 aliphatic carbocycles. The van der Waals surface area contributed by atoms with Crippen molar-refractivity contribution >= 4 is 15.9 Å². The lowest BCUT2D eigenvalue weighted by atomic mass is 9.77. The van der Waals surface area contributed by atoms with Crippen molar-refractivity contribution in [2.45, 2.75) is 51.7 Å². The topological polar surface area (TPSA) is 9.23 Å². The lowest BCUT2D eigenvalue weighted by Crippen LogP contribution is -2.25. The predicted molar refractivity (Wildman–Crippen MR) is 58.2 cm³/mol. The Labute approximate surface area is 89.4 Å². The van der Waals surface area contributed by atoms with E-state index in [1.807, 2.05) is 0 Å². The largest absolute Gasteiger partial charge is 0.375 e. The first-order chi connectivity index (χ1) is 6.11. The summed E-state index contributed by atoms with van der Waals surface area (Å²) in [4.78, 5) is 0. The summed E-state index contributed by atoms with van der Waals surface area (Å²) < 4.78 is 5.86. The first kappa shape index (κ1) is 9.97. The minimum atomic E-state index is 0.443. The SMILES string of the molecule is CC(C)(CBr)CC1CC2CCC1O2. The van der Waals surface area contributed by atoms with E-state index < -0.39 is 0 Å². The van der Waals surface area contributed by atoms with Crippen LogP contribution in [0.1, 0.15) is 39.5 Å². The molecule has 1 nitrogen and oxygen atoms in total. The van der Waals surface area contributed by atoms with E-state index in [1.165, 1.54) is 25.7 Å². The van der Waals surface area contributed by atoms with Gasteiger partial charge in [-0.05, 0) is 37.0 Å². The number of rotatable bonds is 3. The van der Waals surface area contributed by atoms with Crippen LogP contribution in [-0.4, -0.2) is 17.5 Å². The molecule has 0 aromatic heterocycles. The van der Waals surface area contributed by atoms with Gasteiger partial charge in [0.15, 0.2) is 0 Å². The molecule has 2 saturated heterocycles. The van der Waals surface area contributed by atoms with Gasteiger partial charge >= 0.3 is 0 Å². The van der Waals surface area contributed by atoms with E-state index in [1.54, 1.807) is 0 Å². The van der Waals surface area contributed by atoms with Crippen molar-refractivity contribution in [1.82, 2.24) is 0 Å². The molecule has 0 radical (unpaired) electrons. The molecule has 0 aromatic rings. The molecule has 2 aliphatic heterocycles. The Bertz CT molecular complexity index is 191. The van der Waals surface area contributed by atoms with Crippen LogP contribution in [0.4, 0.5) is 0 Å². The van der Waals surface area contributed by atoms with Gasteiger partial charge in [-0.2, -0.15) is 0 Å². The van der Waals surface area contributed by atoms with Crippen molar-refractivity contribution in [3.05, 3.63) is 0 Å². The van der Waals surface area contributed by atoms with Crippen molar-refractivity contribution in [1.29, 1.82) is 0 Å². The Balaban J connectivity index is 1.89. The van der Waals surface area contributed by atoms with Gasteiger partial charge in [-0.25, -0.2) is 0 Å².